The molecule has 2 aliphatic carbocycles. The number of fused-ring (bicyclic) bond motifs is 5. The number of halogens is 2. The molecule has 0 N–H and O–H groups in total. The van der Waals surface area contributed by atoms with E-state index in [1.807, 2.05) is 0 Å². The molecule has 2 unspecified atom stereocenters. The zero-order valence-electron chi connectivity index (χ0n) is 18.6. The summed E-state index contributed by atoms with van der Waals surface area (Å²) in [6, 6.07) is 9.43. The molecule has 168 valence electrons. The monoisotopic (exact) mass is 510 g/mol. The van der Waals surface area contributed by atoms with Gasteiger partial charge in [-0.15, -0.1) is 12.4 Å². The molecule has 0 radical (unpaired) electrons. The van der Waals surface area contributed by atoms with Crippen LogP contribution in [-0.2, 0) is 6.42 Å². The van der Waals surface area contributed by atoms with E-state index in [1.54, 1.807) is 22.5 Å². The Kier molecular flexibility index (Phi) is 6.49. The van der Waals surface area contributed by atoms with Crippen LogP contribution in [0.4, 0.5) is 0 Å². The predicted octanol–water partition coefficient (Wildman–Crippen LogP) is 7.42. The second-order valence-electron chi connectivity index (χ2n) is 9.80. The third kappa shape index (κ3) is 3.86. The van der Waals surface area contributed by atoms with Crippen LogP contribution in [0.5, 0.6) is 0 Å². The highest BCUT2D eigenvalue weighted by Crippen LogP contribution is 2.55. The zero-order valence-corrected chi connectivity index (χ0v) is 21.0. The van der Waals surface area contributed by atoms with Gasteiger partial charge in [0.1, 0.15) is 0 Å². The molecule has 0 amide bonds. The first-order chi connectivity index (χ1) is 15.3. The minimum atomic E-state index is 0. The van der Waals surface area contributed by atoms with E-state index in [0.717, 1.165) is 18.9 Å². The van der Waals surface area contributed by atoms with E-state index in [1.165, 1.54) is 55.0 Å². The lowest BCUT2D eigenvalue weighted by atomic mass is 9.73. The number of hydrogen-bond acceptors (Lipinski definition) is 2. The number of benzene rings is 1. The van der Waals surface area contributed by atoms with E-state index in [2.05, 4.69) is 80.6 Å². The maximum absolute atomic E-state index is 4.68. The van der Waals surface area contributed by atoms with Crippen molar-refractivity contribution in [2.45, 2.75) is 57.4 Å². The van der Waals surface area contributed by atoms with Crippen LogP contribution in [0.25, 0.3) is 0 Å². The third-order valence-electron chi connectivity index (χ3n) is 8.16. The molecule has 1 fully saturated rings. The molecule has 1 saturated heterocycles. The summed E-state index contributed by atoms with van der Waals surface area (Å²) in [5.74, 6) is 2.05. The summed E-state index contributed by atoms with van der Waals surface area (Å²) in [5.41, 5.74) is 8.06. The van der Waals surface area contributed by atoms with Crippen molar-refractivity contribution in [3.05, 3.63) is 81.1 Å². The molecule has 1 aromatic rings. The van der Waals surface area contributed by atoms with E-state index in [9.17, 15) is 0 Å². The average Bonchev–Trinajstić information content (AvgIpc) is 3.03. The van der Waals surface area contributed by atoms with Crippen LogP contribution in [0.1, 0.15) is 50.5 Å². The highest BCUT2D eigenvalue weighted by atomic mass is 79.9. The summed E-state index contributed by atoms with van der Waals surface area (Å²) < 4.78 is 1.17. The SMILES string of the molecule is Brc1ccc(CCCC2CC[C@H]3C4=C2CC=C2C=CCCC2N4C2=CC=NC[C@@H]23)cc1.Cl. The molecule has 4 heteroatoms. The Morgan fingerprint density at radius 1 is 1.06 bits per heavy atom. The van der Waals surface area contributed by atoms with Gasteiger partial charge in [-0.3, -0.25) is 4.99 Å². The quantitative estimate of drug-likeness (QED) is 0.410. The lowest BCUT2D eigenvalue weighted by Gasteiger charge is -2.37. The highest BCUT2D eigenvalue weighted by Gasteiger charge is 2.49. The van der Waals surface area contributed by atoms with Gasteiger partial charge in [-0.2, -0.15) is 0 Å². The number of aryl methyl sites for hydroxylation is 1. The highest BCUT2D eigenvalue weighted by molar-refractivity contribution is 9.10. The number of hydrogen-bond donors (Lipinski definition) is 0. The van der Waals surface area contributed by atoms with E-state index in [-0.39, 0.29) is 12.4 Å². The Morgan fingerprint density at radius 3 is 2.81 bits per heavy atom. The Labute approximate surface area is 206 Å². The number of rotatable bonds is 4. The molecule has 0 saturated carbocycles. The van der Waals surface area contributed by atoms with Gasteiger partial charge >= 0.3 is 0 Å². The molecule has 6 rings (SSSR count). The molecule has 3 aliphatic heterocycles. The van der Waals surface area contributed by atoms with Crippen molar-refractivity contribution < 1.29 is 0 Å². The largest absolute Gasteiger partial charge is 0.341 e. The first-order valence-corrected chi connectivity index (χ1v) is 12.9. The van der Waals surface area contributed by atoms with Gasteiger partial charge in [0.2, 0.25) is 0 Å². The van der Waals surface area contributed by atoms with Crippen LogP contribution < -0.4 is 0 Å². The van der Waals surface area contributed by atoms with Crippen LogP contribution >= 0.6 is 28.3 Å². The fourth-order valence-electron chi connectivity index (χ4n) is 6.72. The summed E-state index contributed by atoms with van der Waals surface area (Å²) in [6.45, 7) is 0.986. The van der Waals surface area contributed by atoms with Gasteiger partial charge in [-0.05, 0) is 92.2 Å². The van der Waals surface area contributed by atoms with Gasteiger partial charge in [-0.1, -0.05) is 46.3 Å². The molecule has 32 heavy (non-hydrogen) atoms. The van der Waals surface area contributed by atoms with Gasteiger partial charge in [-0.25, -0.2) is 0 Å². The van der Waals surface area contributed by atoms with Crippen LogP contribution in [0.2, 0.25) is 0 Å². The minimum absolute atomic E-state index is 0. The number of allylic oxidation sites excluding steroid dienone is 5. The summed E-state index contributed by atoms with van der Waals surface area (Å²) in [6.07, 6.45) is 21.8. The van der Waals surface area contributed by atoms with E-state index < -0.39 is 0 Å². The van der Waals surface area contributed by atoms with Gasteiger partial charge in [0, 0.05) is 40.5 Å². The van der Waals surface area contributed by atoms with E-state index in [4.69, 9.17) is 0 Å². The molecule has 2 nitrogen and oxygen atoms in total. The van der Waals surface area contributed by atoms with Crippen LogP contribution in [0.15, 0.2) is 80.6 Å². The molecule has 4 atom stereocenters. The Hall–Kier alpha value is -1.58. The average molecular weight is 512 g/mol. The zero-order chi connectivity index (χ0) is 20.8. The number of dihydropyridines is 1. The molecule has 0 aromatic heterocycles. The second-order valence-corrected chi connectivity index (χ2v) is 10.7. The molecule has 0 bridgehead atoms. The number of nitrogens with zero attached hydrogens (tertiary/aromatic N) is 2. The first-order valence-electron chi connectivity index (χ1n) is 12.1. The van der Waals surface area contributed by atoms with Gasteiger partial charge < -0.3 is 4.90 Å². The molecular formula is C28H32BrClN2. The van der Waals surface area contributed by atoms with Crippen molar-refractivity contribution in [2.24, 2.45) is 22.7 Å². The second kappa shape index (κ2) is 9.35. The van der Waals surface area contributed by atoms with Gasteiger partial charge in [0.05, 0.1) is 6.04 Å². The fraction of sp³-hybridized carbons (Fsp3) is 0.464. The topological polar surface area (TPSA) is 15.6 Å². The summed E-state index contributed by atoms with van der Waals surface area (Å²) >= 11 is 3.56. The van der Waals surface area contributed by atoms with E-state index in [0.29, 0.717) is 17.9 Å². The van der Waals surface area contributed by atoms with Crippen LogP contribution in [-0.4, -0.2) is 23.7 Å². The smallest absolute Gasteiger partial charge is 0.0585 e. The van der Waals surface area contributed by atoms with Crippen LogP contribution in [0, 0.1) is 17.8 Å². The standard InChI is InChI=1S/C28H31BrN2.ClH/c29-22-12-8-19(9-13-22)4-3-6-20-10-15-24-25-18-30-17-16-27(25)31-26-7-2-1-5-21(26)11-14-23(20)28(24)31;/h1,5,8-9,11-13,16-17,20,24-26H,2-4,6-7,10,14-15,18H2;1H/t20?,24-,25-,26?;/m1./s1. The molecule has 5 aliphatic rings. The first kappa shape index (κ1) is 22.2. The third-order valence-corrected chi connectivity index (χ3v) is 8.69. The minimum Gasteiger partial charge on any atom is -0.341 e. The maximum Gasteiger partial charge on any atom is 0.0585 e. The van der Waals surface area contributed by atoms with Crippen LogP contribution in [0.3, 0.4) is 0 Å². The molecular weight excluding hydrogens is 480 g/mol. The molecule has 3 heterocycles. The Bertz CT molecular complexity index is 1020. The van der Waals surface area contributed by atoms with E-state index >= 15 is 0 Å². The van der Waals surface area contributed by atoms with Crippen molar-refractivity contribution in [3.8, 4) is 0 Å². The van der Waals surface area contributed by atoms with Crippen molar-refractivity contribution in [1.82, 2.24) is 4.90 Å². The van der Waals surface area contributed by atoms with Crippen molar-refractivity contribution in [1.29, 1.82) is 0 Å². The lowest BCUT2D eigenvalue weighted by molar-refractivity contribution is 0.312. The van der Waals surface area contributed by atoms with Crippen molar-refractivity contribution in [3.63, 3.8) is 0 Å². The Balaban J connectivity index is 0.00000216. The maximum atomic E-state index is 4.68. The summed E-state index contributed by atoms with van der Waals surface area (Å²) in [4.78, 5) is 7.48. The fourth-order valence-corrected chi connectivity index (χ4v) is 6.98. The molecule has 0 spiro atoms. The number of aliphatic imine (C=N–C) groups is 1. The Morgan fingerprint density at radius 2 is 1.94 bits per heavy atom. The van der Waals surface area contributed by atoms with Crippen molar-refractivity contribution in [2.75, 3.05) is 6.54 Å². The predicted molar refractivity (Wildman–Crippen MR) is 139 cm³/mol. The lowest BCUT2D eigenvalue weighted by Crippen LogP contribution is -2.34. The summed E-state index contributed by atoms with van der Waals surface area (Å²) in [5, 5.41) is 0. The van der Waals surface area contributed by atoms with Gasteiger partial charge in [0.25, 0.3) is 0 Å². The van der Waals surface area contributed by atoms with Gasteiger partial charge in [0.15, 0.2) is 0 Å². The summed E-state index contributed by atoms with van der Waals surface area (Å²) in [7, 11) is 0. The normalized spacial score (nSPS) is 30.0. The molecule has 1 aromatic carbocycles. The van der Waals surface area contributed by atoms with Crippen molar-refractivity contribution >= 4 is 34.6 Å².